The highest BCUT2D eigenvalue weighted by Crippen LogP contribution is 2.32. The summed E-state index contributed by atoms with van der Waals surface area (Å²) in [6.45, 7) is 6.30. The average molecular weight is 424 g/mol. The number of rotatable bonds is 4. The second kappa shape index (κ2) is 9.18. The first kappa shape index (κ1) is 21.5. The summed E-state index contributed by atoms with van der Waals surface area (Å²) in [5.41, 5.74) is 3.45. The third-order valence-corrected chi connectivity index (χ3v) is 6.52. The van der Waals surface area contributed by atoms with Gasteiger partial charge in [0.1, 0.15) is 11.9 Å². The highest BCUT2D eigenvalue weighted by molar-refractivity contribution is 5.93. The number of piperidine rings is 1. The van der Waals surface area contributed by atoms with Crippen molar-refractivity contribution >= 4 is 17.5 Å². The van der Waals surface area contributed by atoms with Crippen LogP contribution >= 0.6 is 0 Å². The second-order valence-corrected chi connectivity index (χ2v) is 8.84. The average Bonchev–Trinajstić information content (AvgIpc) is 2.75. The fourth-order valence-corrected chi connectivity index (χ4v) is 4.62. The van der Waals surface area contributed by atoms with E-state index in [2.05, 4.69) is 18.3 Å². The van der Waals surface area contributed by atoms with Crippen LogP contribution < -0.4 is 5.32 Å². The summed E-state index contributed by atoms with van der Waals surface area (Å²) in [7, 11) is 0. The van der Waals surface area contributed by atoms with Gasteiger partial charge in [0.2, 0.25) is 11.8 Å². The lowest BCUT2D eigenvalue weighted by molar-refractivity contribution is -0.139. The number of hydrogen-bond acceptors (Lipinski definition) is 3. The molecule has 1 saturated heterocycles. The van der Waals surface area contributed by atoms with Gasteiger partial charge < -0.3 is 10.2 Å². The molecule has 0 bridgehead atoms. The first-order valence-electron chi connectivity index (χ1n) is 11.1. The summed E-state index contributed by atoms with van der Waals surface area (Å²) in [5, 5.41) is 2.88. The Balaban J connectivity index is 1.53. The van der Waals surface area contributed by atoms with Gasteiger partial charge in [0.25, 0.3) is 0 Å². The summed E-state index contributed by atoms with van der Waals surface area (Å²) in [5.74, 6) is 0.206. The van der Waals surface area contributed by atoms with E-state index in [0.717, 1.165) is 37.9 Å². The Hall–Kier alpha value is -2.73. The van der Waals surface area contributed by atoms with Gasteiger partial charge in [-0.05, 0) is 67.0 Å². The van der Waals surface area contributed by atoms with Crippen LogP contribution in [0.1, 0.15) is 42.5 Å². The lowest BCUT2D eigenvalue weighted by Crippen LogP contribution is -2.50. The first-order valence-corrected chi connectivity index (χ1v) is 11.1. The van der Waals surface area contributed by atoms with E-state index in [1.807, 2.05) is 28.0 Å². The van der Waals surface area contributed by atoms with Crippen molar-refractivity contribution in [1.29, 1.82) is 0 Å². The van der Waals surface area contributed by atoms with Gasteiger partial charge in [0.05, 0.1) is 6.54 Å². The normalized spacial score (nSPS) is 19.7. The Kier molecular flexibility index (Phi) is 6.37. The molecular weight excluding hydrogens is 393 g/mol. The van der Waals surface area contributed by atoms with Crippen LogP contribution in [0.2, 0.25) is 0 Å². The molecule has 2 aliphatic rings. The summed E-state index contributed by atoms with van der Waals surface area (Å²) in [6.07, 6.45) is 2.84. The van der Waals surface area contributed by atoms with Gasteiger partial charge >= 0.3 is 0 Å². The molecule has 1 fully saturated rings. The van der Waals surface area contributed by atoms with Crippen LogP contribution in [0.25, 0.3) is 0 Å². The van der Waals surface area contributed by atoms with Gasteiger partial charge in [-0.2, -0.15) is 0 Å². The number of likely N-dealkylation sites (tertiary alicyclic amines) is 1. The van der Waals surface area contributed by atoms with Crippen molar-refractivity contribution in [1.82, 2.24) is 9.80 Å². The van der Waals surface area contributed by atoms with Gasteiger partial charge in [-0.3, -0.25) is 14.5 Å². The van der Waals surface area contributed by atoms with Crippen molar-refractivity contribution in [2.45, 2.75) is 39.2 Å². The van der Waals surface area contributed by atoms with E-state index in [1.54, 1.807) is 13.0 Å². The van der Waals surface area contributed by atoms with Crippen molar-refractivity contribution in [3.63, 3.8) is 0 Å². The molecule has 6 heteroatoms. The predicted octanol–water partition coefficient (Wildman–Crippen LogP) is 3.93. The number of halogens is 1. The molecular formula is C25H30FN3O2. The molecule has 1 N–H and O–H groups in total. The molecule has 0 spiro atoms. The molecule has 1 atom stereocenters. The third-order valence-electron chi connectivity index (χ3n) is 6.52. The smallest absolute Gasteiger partial charge is 0.244 e. The minimum atomic E-state index is -0.446. The number of hydrogen-bond donors (Lipinski definition) is 1. The van der Waals surface area contributed by atoms with Crippen molar-refractivity contribution in [3.05, 3.63) is 65.0 Å². The number of nitrogens with zero attached hydrogens (tertiary/aromatic N) is 2. The molecule has 164 valence electrons. The van der Waals surface area contributed by atoms with Gasteiger partial charge in [-0.25, -0.2) is 4.39 Å². The fraction of sp³-hybridized carbons (Fsp3) is 0.440. The van der Waals surface area contributed by atoms with Crippen LogP contribution in [0.15, 0.2) is 42.5 Å². The van der Waals surface area contributed by atoms with E-state index < -0.39 is 6.04 Å². The zero-order chi connectivity index (χ0) is 22.0. The van der Waals surface area contributed by atoms with Crippen LogP contribution in [0.5, 0.6) is 0 Å². The largest absolute Gasteiger partial charge is 0.341 e. The fourth-order valence-electron chi connectivity index (χ4n) is 4.62. The summed E-state index contributed by atoms with van der Waals surface area (Å²) in [6, 6.07) is 11.9. The molecule has 2 aliphatic heterocycles. The van der Waals surface area contributed by atoms with E-state index in [-0.39, 0.29) is 24.2 Å². The van der Waals surface area contributed by atoms with E-state index >= 15 is 0 Å². The quantitative estimate of drug-likeness (QED) is 0.811. The maximum absolute atomic E-state index is 13.6. The van der Waals surface area contributed by atoms with Crippen LogP contribution in [0, 0.1) is 18.7 Å². The van der Waals surface area contributed by atoms with Crippen LogP contribution in [0.3, 0.4) is 0 Å². The van der Waals surface area contributed by atoms with Gasteiger partial charge in [0, 0.05) is 25.3 Å². The van der Waals surface area contributed by atoms with Gasteiger partial charge in [-0.1, -0.05) is 31.2 Å². The number of aryl methyl sites for hydroxylation is 1. The van der Waals surface area contributed by atoms with Crippen molar-refractivity contribution in [2.24, 2.45) is 5.92 Å². The molecule has 0 saturated carbocycles. The third kappa shape index (κ3) is 4.79. The maximum Gasteiger partial charge on any atom is 0.244 e. The number of fused-ring (bicyclic) bond motifs is 1. The topological polar surface area (TPSA) is 52.7 Å². The number of carbonyl (C=O) groups is 2. The van der Waals surface area contributed by atoms with E-state index in [0.29, 0.717) is 23.7 Å². The second-order valence-electron chi connectivity index (χ2n) is 8.84. The zero-order valence-corrected chi connectivity index (χ0v) is 18.2. The lowest BCUT2D eigenvalue weighted by atomic mass is 9.90. The van der Waals surface area contributed by atoms with Crippen molar-refractivity contribution < 1.29 is 14.0 Å². The molecule has 0 aliphatic carbocycles. The minimum Gasteiger partial charge on any atom is -0.341 e. The maximum atomic E-state index is 13.6. The lowest BCUT2D eigenvalue weighted by Gasteiger charge is -2.40. The first-order chi connectivity index (χ1) is 14.9. The monoisotopic (exact) mass is 423 g/mol. The molecule has 2 aromatic rings. The number of anilines is 1. The van der Waals surface area contributed by atoms with Crippen molar-refractivity contribution in [2.75, 3.05) is 31.5 Å². The number of amides is 2. The van der Waals surface area contributed by atoms with E-state index in [1.165, 1.54) is 17.7 Å². The molecule has 4 rings (SSSR count). The molecule has 2 heterocycles. The minimum absolute atomic E-state index is 0.0878. The molecule has 5 nitrogen and oxygen atoms in total. The molecule has 0 aromatic heterocycles. The summed E-state index contributed by atoms with van der Waals surface area (Å²) in [4.78, 5) is 30.4. The molecule has 2 aromatic carbocycles. The van der Waals surface area contributed by atoms with Crippen LogP contribution in [-0.2, 0) is 16.0 Å². The molecule has 2 amide bonds. The molecule has 0 unspecified atom stereocenters. The van der Waals surface area contributed by atoms with E-state index in [4.69, 9.17) is 0 Å². The van der Waals surface area contributed by atoms with Gasteiger partial charge in [0.15, 0.2) is 0 Å². The Labute approximate surface area is 183 Å². The molecule has 0 radical (unpaired) electrons. The van der Waals surface area contributed by atoms with Crippen LogP contribution in [-0.4, -0.2) is 47.8 Å². The SMILES string of the molecule is Cc1cc(F)ccc1NC(=O)CN1CCc2ccccc2[C@@H]1C(=O)N1CCC(C)CC1. The standard InChI is InChI=1S/C25H30FN3O2/c1-17-9-12-28(13-10-17)25(31)24-21-6-4-3-5-19(21)11-14-29(24)16-23(30)27-22-8-7-20(26)15-18(22)2/h3-8,15,17,24H,9-14,16H2,1-2H3,(H,27,30)/t24-/m1/s1. The summed E-state index contributed by atoms with van der Waals surface area (Å²) >= 11 is 0. The Bertz CT molecular complexity index is 969. The highest BCUT2D eigenvalue weighted by Gasteiger charge is 2.37. The van der Waals surface area contributed by atoms with Gasteiger partial charge in [-0.15, -0.1) is 0 Å². The predicted molar refractivity (Wildman–Crippen MR) is 119 cm³/mol. The Morgan fingerprint density at radius 3 is 2.58 bits per heavy atom. The number of benzene rings is 2. The number of carbonyl (C=O) groups excluding carboxylic acids is 2. The zero-order valence-electron chi connectivity index (χ0n) is 18.2. The summed E-state index contributed by atoms with van der Waals surface area (Å²) < 4.78 is 13.4. The van der Waals surface area contributed by atoms with E-state index in [9.17, 15) is 14.0 Å². The Morgan fingerprint density at radius 1 is 1.10 bits per heavy atom. The van der Waals surface area contributed by atoms with Crippen molar-refractivity contribution in [3.8, 4) is 0 Å². The Morgan fingerprint density at radius 2 is 1.84 bits per heavy atom. The molecule has 31 heavy (non-hydrogen) atoms. The highest BCUT2D eigenvalue weighted by atomic mass is 19.1. The number of nitrogens with one attached hydrogen (secondary N) is 1. The van der Waals surface area contributed by atoms with Crippen LogP contribution in [0.4, 0.5) is 10.1 Å².